The molecule has 0 atom stereocenters. The Morgan fingerprint density at radius 2 is 1.68 bits per heavy atom. The van der Waals surface area contributed by atoms with Crippen molar-refractivity contribution in [3.8, 4) is 11.5 Å². The van der Waals surface area contributed by atoms with Crippen molar-refractivity contribution in [2.24, 2.45) is 0 Å². The van der Waals surface area contributed by atoms with Crippen LogP contribution in [0.25, 0.3) is 10.9 Å². The van der Waals surface area contributed by atoms with Gasteiger partial charge in [0.15, 0.2) is 0 Å². The van der Waals surface area contributed by atoms with Crippen LogP contribution in [0.4, 0.5) is 0 Å². The lowest BCUT2D eigenvalue weighted by Crippen LogP contribution is -2.23. The Balaban J connectivity index is 1.30. The normalized spacial score (nSPS) is 10.7. The third kappa shape index (κ3) is 5.36. The summed E-state index contributed by atoms with van der Waals surface area (Å²) >= 11 is 0. The van der Waals surface area contributed by atoms with Crippen molar-refractivity contribution in [2.75, 3.05) is 0 Å². The number of nitrogens with zero attached hydrogens (tertiary/aromatic N) is 1. The Hall–Kier alpha value is -3.93. The molecule has 0 bridgehead atoms. The lowest BCUT2D eigenvalue weighted by atomic mass is 10.1. The number of aryl methyl sites for hydroxylation is 1. The topological polar surface area (TPSA) is 84.1 Å². The van der Waals surface area contributed by atoms with Gasteiger partial charge in [0.05, 0.1) is 10.9 Å². The Labute approximate surface area is 179 Å². The molecule has 31 heavy (non-hydrogen) atoms. The predicted octanol–water partition coefficient (Wildman–Crippen LogP) is 4.35. The van der Waals surface area contributed by atoms with Crippen LogP contribution in [0.2, 0.25) is 0 Å². The van der Waals surface area contributed by atoms with E-state index in [9.17, 15) is 9.59 Å². The number of carbonyl (C=O) groups excluding carboxylic acids is 1. The number of amides is 1. The van der Waals surface area contributed by atoms with Gasteiger partial charge in [-0.25, -0.2) is 4.98 Å². The molecule has 2 N–H and O–H groups in total. The summed E-state index contributed by atoms with van der Waals surface area (Å²) in [6.07, 6.45) is 1.47. The molecule has 6 heteroatoms. The molecular formula is C25H23N3O3. The summed E-state index contributed by atoms with van der Waals surface area (Å²) in [5.41, 5.74) is 1.42. The fourth-order valence-corrected chi connectivity index (χ4v) is 3.32. The Kier molecular flexibility index (Phi) is 6.38. The predicted molar refractivity (Wildman–Crippen MR) is 120 cm³/mol. The number of nitrogens with one attached hydrogen (secondary N) is 2. The van der Waals surface area contributed by atoms with Crippen LogP contribution in [0.1, 0.15) is 24.2 Å². The zero-order chi connectivity index (χ0) is 21.5. The Morgan fingerprint density at radius 1 is 0.935 bits per heavy atom. The SMILES string of the molecule is O=C(CCCc1nc2ccccc2c(=O)[nH]1)NCc1ccccc1Oc1ccccc1. The van der Waals surface area contributed by atoms with E-state index < -0.39 is 0 Å². The smallest absolute Gasteiger partial charge is 0.258 e. The van der Waals surface area contributed by atoms with E-state index in [0.717, 1.165) is 11.3 Å². The van der Waals surface area contributed by atoms with Crippen LogP contribution in [0, 0.1) is 0 Å². The highest BCUT2D eigenvalue weighted by molar-refractivity contribution is 5.77. The number of aromatic amines is 1. The molecule has 0 unspecified atom stereocenters. The van der Waals surface area contributed by atoms with Crippen molar-refractivity contribution >= 4 is 16.8 Å². The van der Waals surface area contributed by atoms with E-state index in [1.54, 1.807) is 6.07 Å². The van der Waals surface area contributed by atoms with Crippen molar-refractivity contribution in [1.29, 1.82) is 0 Å². The average molecular weight is 413 g/mol. The summed E-state index contributed by atoms with van der Waals surface area (Å²) in [5, 5.41) is 3.51. The van der Waals surface area contributed by atoms with Crippen molar-refractivity contribution < 1.29 is 9.53 Å². The number of H-pyrrole nitrogens is 1. The van der Waals surface area contributed by atoms with Gasteiger partial charge in [-0.3, -0.25) is 9.59 Å². The lowest BCUT2D eigenvalue weighted by molar-refractivity contribution is -0.121. The number of fused-ring (bicyclic) bond motifs is 1. The van der Waals surface area contributed by atoms with Crippen LogP contribution in [0.5, 0.6) is 11.5 Å². The van der Waals surface area contributed by atoms with Crippen LogP contribution < -0.4 is 15.6 Å². The standard InChI is InChI=1S/C25H23N3O3/c29-24(16-8-15-23-27-21-13-6-5-12-20(21)25(30)28-23)26-17-18-9-4-7-14-22(18)31-19-10-2-1-3-11-19/h1-7,9-14H,8,15-17H2,(H,26,29)(H,27,28,30). The number of para-hydroxylation sites is 3. The monoisotopic (exact) mass is 413 g/mol. The van der Waals surface area contributed by atoms with Crippen LogP contribution in [-0.4, -0.2) is 15.9 Å². The third-order valence-corrected chi connectivity index (χ3v) is 4.90. The third-order valence-electron chi connectivity index (χ3n) is 4.90. The first-order valence-corrected chi connectivity index (χ1v) is 10.2. The maximum absolute atomic E-state index is 12.3. The summed E-state index contributed by atoms with van der Waals surface area (Å²) in [4.78, 5) is 31.7. The van der Waals surface area contributed by atoms with E-state index in [1.807, 2.05) is 72.8 Å². The van der Waals surface area contributed by atoms with E-state index in [4.69, 9.17) is 4.74 Å². The van der Waals surface area contributed by atoms with E-state index >= 15 is 0 Å². The fourth-order valence-electron chi connectivity index (χ4n) is 3.32. The van der Waals surface area contributed by atoms with Crippen LogP contribution >= 0.6 is 0 Å². The van der Waals surface area contributed by atoms with Gasteiger partial charge in [-0.1, -0.05) is 48.5 Å². The molecule has 0 aliphatic rings. The van der Waals surface area contributed by atoms with Gasteiger partial charge >= 0.3 is 0 Å². The molecule has 0 saturated carbocycles. The summed E-state index contributed by atoms with van der Waals surface area (Å²) in [6, 6.07) is 24.4. The fraction of sp³-hybridized carbons (Fsp3) is 0.160. The number of ether oxygens (including phenoxy) is 1. The molecule has 1 heterocycles. The van der Waals surface area contributed by atoms with Gasteiger partial charge in [0.1, 0.15) is 17.3 Å². The molecule has 0 aliphatic heterocycles. The highest BCUT2D eigenvalue weighted by Crippen LogP contribution is 2.24. The number of carbonyl (C=O) groups is 1. The molecule has 156 valence electrons. The van der Waals surface area contributed by atoms with Crippen LogP contribution in [-0.2, 0) is 17.8 Å². The van der Waals surface area contributed by atoms with Gasteiger partial charge in [-0.2, -0.15) is 0 Å². The zero-order valence-electron chi connectivity index (χ0n) is 17.0. The molecule has 0 saturated heterocycles. The molecule has 1 aromatic heterocycles. The minimum atomic E-state index is -0.153. The van der Waals surface area contributed by atoms with Crippen LogP contribution in [0.3, 0.4) is 0 Å². The summed E-state index contributed by atoms with van der Waals surface area (Å²) < 4.78 is 5.93. The second kappa shape index (κ2) is 9.71. The molecule has 0 radical (unpaired) electrons. The molecule has 6 nitrogen and oxygen atoms in total. The molecule has 0 spiro atoms. The number of rotatable bonds is 8. The van der Waals surface area contributed by atoms with Crippen molar-refractivity contribution in [1.82, 2.24) is 15.3 Å². The van der Waals surface area contributed by atoms with E-state index in [2.05, 4.69) is 15.3 Å². The molecule has 4 aromatic rings. The number of hydrogen-bond donors (Lipinski definition) is 2. The van der Waals surface area contributed by atoms with Crippen molar-refractivity contribution in [3.05, 3.63) is 101 Å². The maximum Gasteiger partial charge on any atom is 0.258 e. The highest BCUT2D eigenvalue weighted by Gasteiger charge is 2.08. The molecule has 1 amide bonds. The van der Waals surface area contributed by atoms with E-state index in [0.29, 0.717) is 48.3 Å². The minimum Gasteiger partial charge on any atom is -0.457 e. The van der Waals surface area contributed by atoms with Gasteiger partial charge in [0.2, 0.25) is 5.91 Å². The minimum absolute atomic E-state index is 0.0577. The lowest BCUT2D eigenvalue weighted by Gasteiger charge is -2.12. The molecule has 3 aromatic carbocycles. The van der Waals surface area contributed by atoms with Gasteiger partial charge in [-0.05, 0) is 36.8 Å². The van der Waals surface area contributed by atoms with Crippen molar-refractivity contribution in [3.63, 3.8) is 0 Å². The van der Waals surface area contributed by atoms with E-state index in [-0.39, 0.29) is 11.5 Å². The van der Waals surface area contributed by atoms with Gasteiger partial charge < -0.3 is 15.0 Å². The molecule has 0 aliphatic carbocycles. The number of hydrogen-bond acceptors (Lipinski definition) is 4. The number of benzene rings is 3. The first-order chi connectivity index (χ1) is 15.2. The Morgan fingerprint density at radius 3 is 2.55 bits per heavy atom. The first-order valence-electron chi connectivity index (χ1n) is 10.2. The highest BCUT2D eigenvalue weighted by atomic mass is 16.5. The summed E-state index contributed by atoms with van der Waals surface area (Å²) in [7, 11) is 0. The first kappa shape index (κ1) is 20.3. The largest absolute Gasteiger partial charge is 0.457 e. The second-order valence-electron chi connectivity index (χ2n) is 7.18. The maximum atomic E-state index is 12.3. The van der Waals surface area contributed by atoms with E-state index in [1.165, 1.54) is 0 Å². The quantitative estimate of drug-likeness (QED) is 0.450. The second-order valence-corrected chi connectivity index (χ2v) is 7.18. The van der Waals surface area contributed by atoms with Crippen molar-refractivity contribution in [2.45, 2.75) is 25.8 Å². The molecule has 4 rings (SSSR count). The zero-order valence-corrected chi connectivity index (χ0v) is 17.0. The Bertz CT molecular complexity index is 1240. The van der Waals surface area contributed by atoms with Gasteiger partial charge in [0.25, 0.3) is 5.56 Å². The molecule has 0 fully saturated rings. The summed E-state index contributed by atoms with van der Waals surface area (Å²) in [6.45, 7) is 0.382. The van der Waals surface area contributed by atoms with Gasteiger partial charge in [0, 0.05) is 24.9 Å². The van der Waals surface area contributed by atoms with Gasteiger partial charge in [-0.15, -0.1) is 0 Å². The number of aromatic nitrogens is 2. The summed E-state index contributed by atoms with van der Waals surface area (Å²) in [5.74, 6) is 2.00. The van der Waals surface area contributed by atoms with Crippen LogP contribution in [0.15, 0.2) is 83.7 Å². The average Bonchev–Trinajstić information content (AvgIpc) is 2.79. The molecular weight excluding hydrogens is 390 g/mol.